The highest BCUT2D eigenvalue weighted by Crippen LogP contribution is 2.31. The summed E-state index contributed by atoms with van der Waals surface area (Å²) < 4.78 is 2.15. The number of nitrogens with zero attached hydrogens (tertiary/aromatic N) is 2. The van der Waals surface area contributed by atoms with Crippen molar-refractivity contribution in [1.82, 2.24) is 15.0 Å². The van der Waals surface area contributed by atoms with Gasteiger partial charge in [-0.1, -0.05) is 42.6 Å². The van der Waals surface area contributed by atoms with Gasteiger partial charge >= 0.3 is 0 Å². The number of aromatic amines is 1. The lowest BCUT2D eigenvalue weighted by Crippen LogP contribution is -2.13. The van der Waals surface area contributed by atoms with Crippen LogP contribution in [0.1, 0.15) is 6.92 Å². The molecule has 0 radical (unpaired) electrons. The maximum absolute atomic E-state index is 12.3. The molecule has 0 fully saturated rings. The van der Waals surface area contributed by atoms with E-state index in [2.05, 4.69) is 27.2 Å². The number of para-hydroxylation sites is 2. The average molecular weight is 401 g/mol. The van der Waals surface area contributed by atoms with Crippen LogP contribution >= 0.6 is 34.9 Å². The predicted octanol–water partition coefficient (Wildman–Crippen LogP) is 5.02. The number of carbonyl (C=O) groups excluding carboxylic acids is 1. The molecule has 0 saturated heterocycles. The molecule has 8 heteroatoms. The number of carbonyl (C=O) groups is 1. The van der Waals surface area contributed by atoms with Crippen LogP contribution < -0.4 is 5.32 Å². The van der Waals surface area contributed by atoms with Gasteiger partial charge in [0.2, 0.25) is 5.91 Å². The second-order valence-electron chi connectivity index (χ2n) is 5.49. The van der Waals surface area contributed by atoms with E-state index in [-0.39, 0.29) is 5.91 Å². The lowest BCUT2D eigenvalue weighted by molar-refractivity contribution is -0.113. The van der Waals surface area contributed by atoms with Crippen molar-refractivity contribution in [3.8, 4) is 0 Å². The van der Waals surface area contributed by atoms with E-state index in [9.17, 15) is 4.79 Å². The number of rotatable bonds is 6. The molecule has 0 atom stereocenters. The Balaban J connectivity index is 1.40. The molecule has 0 aliphatic rings. The Kier molecular flexibility index (Phi) is 5.14. The zero-order chi connectivity index (χ0) is 17.9. The number of H-pyrrole nitrogens is 1. The van der Waals surface area contributed by atoms with E-state index in [1.165, 1.54) is 11.8 Å². The van der Waals surface area contributed by atoms with Gasteiger partial charge in [0.1, 0.15) is 0 Å². The molecule has 4 aromatic rings. The Morgan fingerprint density at radius 1 is 1.15 bits per heavy atom. The second kappa shape index (κ2) is 7.69. The minimum Gasteiger partial charge on any atom is -0.333 e. The van der Waals surface area contributed by atoms with Crippen LogP contribution in [-0.2, 0) is 4.79 Å². The minimum atomic E-state index is -0.0533. The van der Waals surface area contributed by atoms with Crippen molar-refractivity contribution in [3.05, 3.63) is 42.5 Å². The van der Waals surface area contributed by atoms with Gasteiger partial charge < -0.3 is 10.3 Å². The van der Waals surface area contributed by atoms with E-state index in [0.29, 0.717) is 5.75 Å². The van der Waals surface area contributed by atoms with E-state index < -0.39 is 0 Å². The van der Waals surface area contributed by atoms with Crippen LogP contribution in [0.3, 0.4) is 0 Å². The largest absolute Gasteiger partial charge is 0.333 e. The van der Waals surface area contributed by atoms with E-state index in [0.717, 1.165) is 42.2 Å². The Morgan fingerprint density at radius 2 is 2.04 bits per heavy atom. The third kappa shape index (κ3) is 3.87. The second-order valence-corrected chi connectivity index (χ2v) is 9.00. The maximum Gasteiger partial charge on any atom is 0.234 e. The zero-order valence-corrected chi connectivity index (χ0v) is 16.4. The molecule has 5 nitrogen and oxygen atoms in total. The molecule has 1 amide bonds. The first-order chi connectivity index (χ1) is 12.7. The monoisotopic (exact) mass is 400 g/mol. The third-order valence-corrected chi connectivity index (χ3v) is 6.54. The van der Waals surface area contributed by atoms with Gasteiger partial charge in [0.25, 0.3) is 0 Å². The summed E-state index contributed by atoms with van der Waals surface area (Å²) in [5.74, 6) is 1.25. The van der Waals surface area contributed by atoms with Crippen molar-refractivity contribution in [2.45, 2.75) is 16.4 Å². The van der Waals surface area contributed by atoms with E-state index in [4.69, 9.17) is 0 Å². The zero-order valence-electron chi connectivity index (χ0n) is 14.0. The molecule has 0 aliphatic heterocycles. The molecule has 2 aromatic carbocycles. The van der Waals surface area contributed by atoms with E-state index in [1.807, 2.05) is 42.5 Å². The molecule has 0 aliphatic carbocycles. The molecule has 2 aromatic heterocycles. The van der Waals surface area contributed by atoms with Crippen LogP contribution in [0, 0.1) is 0 Å². The van der Waals surface area contributed by atoms with Crippen LogP contribution in [-0.4, -0.2) is 32.4 Å². The summed E-state index contributed by atoms with van der Waals surface area (Å²) in [4.78, 5) is 24.5. The number of hydrogen-bond donors (Lipinski definition) is 2. The fraction of sp³-hybridized carbons (Fsp3) is 0.167. The molecule has 2 heterocycles. The number of hydrogen-bond acceptors (Lipinski definition) is 6. The first-order valence-electron chi connectivity index (χ1n) is 8.12. The van der Waals surface area contributed by atoms with E-state index >= 15 is 0 Å². The summed E-state index contributed by atoms with van der Waals surface area (Å²) >= 11 is 4.79. The summed E-state index contributed by atoms with van der Waals surface area (Å²) in [6, 6.07) is 13.7. The molecule has 0 bridgehead atoms. The number of nitrogens with one attached hydrogen (secondary N) is 2. The fourth-order valence-electron chi connectivity index (χ4n) is 2.50. The quantitative estimate of drug-likeness (QED) is 0.445. The predicted molar refractivity (Wildman–Crippen MR) is 111 cm³/mol. The van der Waals surface area contributed by atoms with Gasteiger partial charge in [-0.05, 0) is 36.1 Å². The minimum absolute atomic E-state index is 0.0533. The van der Waals surface area contributed by atoms with Crippen molar-refractivity contribution in [3.63, 3.8) is 0 Å². The number of thiazole rings is 1. The van der Waals surface area contributed by atoms with Crippen molar-refractivity contribution in [2.75, 3.05) is 16.8 Å². The summed E-state index contributed by atoms with van der Waals surface area (Å²) in [5, 5.41) is 3.70. The third-order valence-electron chi connectivity index (χ3n) is 3.63. The molecule has 26 heavy (non-hydrogen) atoms. The maximum atomic E-state index is 12.3. The normalized spacial score (nSPS) is 11.3. The Morgan fingerprint density at radius 3 is 2.88 bits per heavy atom. The van der Waals surface area contributed by atoms with Gasteiger partial charge in [-0.25, -0.2) is 9.97 Å². The summed E-state index contributed by atoms with van der Waals surface area (Å²) in [6.07, 6.45) is 0. The molecule has 2 N–H and O–H groups in total. The van der Waals surface area contributed by atoms with Crippen LogP contribution in [0.15, 0.2) is 52.0 Å². The summed E-state index contributed by atoms with van der Waals surface area (Å²) in [7, 11) is 0. The van der Waals surface area contributed by atoms with Gasteiger partial charge in [0.05, 0.1) is 27.0 Å². The van der Waals surface area contributed by atoms with Crippen molar-refractivity contribution in [1.29, 1.82) is 0 Å². The fourth-order valence-corrected chi connectivity index (χ4v) is 5.18. The number of benzene rings is 2. The van der Waals surface area contributed by atoms with Gasteiger partial charge in [-0.15, -0.1) is 11.3 Å². The molecule has 0 spiro atoms. The van der Waals surface area contributed by atoms with Crippen LogP contribution in [0.4, 0.5) is 5.69 Å². The first kappa shape index (κ1) is 17.4. The Bertz CT molecular complexity index is 1040. The molecular weight excluding hydrogens is 384 g/mol. The van der Waals surface area contributed by atoms with Gasteiger partial charge in [0.15, 0.2) is 9.50 Å². The van der Waals surface area contributed by atoms with Gasteiger partial charge in [-0.3, -0.25) is 4.79 Å². The van der Waals surface area contributed by atoms with Crippen molar-refractivity contribution in [2.24, 2.45) is 0 Å². The standard InChI is InChI=1S/C18H16N4OS3/c1-2-24-18-22-14-8-7-11(9-15(14)26-18)19-16(23)10-25-17-20-12-5-3-4-6-13(12)21-17/h3-9H,2,10H2,1H3,(H,19,23)(H,20,21). The summed E-state index contributed by atoms with van der Waals surface area (Å²) in [6.45, 7) is 2.11. The summed E-state index contributed by atoms with van der Waals surface area (Å²) in [5.41, 5.74) is 3.66. The highest BCUT2D eigenvalue weighted by Gasteiger charge is 2.09. The topological polar surface area (TPSA) is 70.7 Å². The molecule has 0 unspecified atom stereocenters. The lowest BCUT2D eigenvalue weighted by atomic mass is 10.3. The van der Waals surface area contributed by atoms with E-state index in [1.54, 1.807) is 23.1 Å². The van der Waals surface area contributed by atoms with Crippen molar-refractivity contribution >= 4 is 67.7 Å². The number of amides is 1. The number of thioether (sulfide) groups is 2. The number of aromatic nitrogens is 3. The lowest BCUT2D eigenvalue weighted by Gasteiger charge is -2.04. The first-order valence-corrected chi connectivity index (χ1v) is 10.9. The van der Waals surface area contributed by atoms with Crippen LogP contribution in [0.5, 0.6) is 0 Å². The van der Waals surface area contributed by atoms with Crippen molar-refractivity contribution < 1.29 is 4.79 Å². The SMILES string of the molecule is CCSc1nc2ccc(NC(=O)CSc3nc4ccccc4[nH]3)cc2s1. The highest BCUT2D eigenvalue weighted by molar-refractivity contribution is 8.01. The van der Waals surface area contributed by atoms with Crippen LogP contribution in [0.2, 0.25) is 0 Å². The molecular formula is C18H16N4OS3. The highest BCUT2D eigenvalue weighted by atomic mass is 32.2. The number of imidazole rings is 1. The smallest absolute Gasteiger partial charge is 0.234 e. The molecule has 0 saturated carbocycles. The average Bonchev–Trinajstić information content (AvgIpc) is 3.22. The number of anilines is 1. The Labute approximate surface area is 163 Å². The Hall–Kier alpha value is -2.03. The number of fused-ring (bicyclic) bond motifs is 2. The molecule has 132 valence electrons. The van der Waals surface area contributed by atoms with Crippen LogP contribution in [0.25, 0.3) is 21.3 Å². The van der Waals surface area contributed by atoms with Gasteiger partial charge in [0, 0.05) is 5.69 Å². The van der Waals surface area contributed by atoms with Gasteiger partial charge in [-0.2, -0.15) is 0 Å². The molecule has 4 rings (SSSR count).